The zero-order valence-electron chi connectivity index (χ0n) is 15.1. The van der Waals surface area contributed by atoms with Crippen molar-refractivity contribution in [3.63, 3.8) is 0 Å². The van der Waals surface area contributed by atoms with E-state index in [0.29, 0.717) is 6.54 Å². The van der Waals surface area contributed by atoms with E-state index in [0.717, 1.165) is 18.7 Å². The molecule has 4 nitrogen and oxygen atoms in total. The number of likely N-dealkylation sites (N-methyl/N-ethyl adjacent to an activating group) is 1. The van der Waals surface area contributed by atoms with Crippen LogP contribution in [0, 0.1) is 0 Å². The molecule has 0 bridgehead atoms. The summed E-state index contributed by atoms with van der Waals surface area (Å²) in [6.07, 6.45) is 2.47. The Bertz CT molecular complexity index is 721. The lowest BCUT2D eigenvalue weighted by Gasteiger charge is -2.31. The normalized spacial score (nSPS) is 16.5. The second-order valence-corrected chi connectivity index (χ2v) is 7.05. The van der Waals surface area contributed by atoms with Gasteiger partial charge in [-0.1, -0.05) is 48.5 Å². The van der Waals surface area contributed by atoms with Gasteiger partial charge in [0.05, 0.1) is 0 Å². The molecule has 1 aliphatic rings. The summed E-state index contributed by atoms with van der Waals surface area (Å²) in [6, 6.07) is 17.9. The Labute approximate surface area is 150 Å². The summed E-state index contributed by atoms with van der Waals surface area (Å²) in [6.45, 7) is 4.53. The second-order valence-electron chi connectivity index (χ2n) is 7.05. The number of carbonyl (C=O) groups is 1. The van der Waals surface area contributed by atoms with Crippen molar-refractivity contribution in [1.82, 2.24) is 4.90 Å². The molecule has 0 spiro atoms. The molecule has 0 radical (unpaired) electrons. The van der Waals surface area contributed by atoms with Crippen molar-refractivity contribution in [1.29, 1.82) is 0 Å². The van der Waals surface area contributed by atoms with E-state index < -0.39 is 5.54 Å². The summed E-state index contributed by atoms with van der Waals surface area (Å²) in [7, 11) is 1.83. The third kappa shape index (κ3) is 3.69. The Morgan fingerprint density at radius 1 is 1.08 bits per heavy atom. The Hall–Kier alpha value is -2.33. The molecule has 1 aliphatic heterocycles. The lowest BCUT2D eigenvalue weighted by Crippen LogP contribution is -2.49. The smallest absolute Gasteiger partial charge is 0.247 e. The van der Waals surface area contributed by atoms with Crippen LogP contribution in [-0.2, 0) is 16.9 Å². The molecular formula is C21H27N3O. The number of nitrogens with zero attached hydrogens (tertiary/aromatic N) is 2. The van der Waals surface area contributed by atoms with Crippen molar-refractivity contribution >= 4 is 11.6 Å². The van der Waals surface area contributed by atoms with Crippen LogP contribution in [0.5, 0.6) is 0 Å². The summed E-state index contributed by atoms with van der Waals surface area (Å²) in [4.78, 5) is 17.1. The molecule has 1 amide bonds. The van der Waals surface area contributed by atoms with Crippen molar-refractivity contribution in [2.24, 2.45) is 5.73 Å². The molecule has 2 aromatic carbocycles. The minimum Gasteiger partial charge on any atom is -0.371 e. The van der Waals surface area contributed by atoms with Gasteiger partial charge in [0.25, 0.3) is 0 Å². The van der Waals surface area contributed by atoms with Crippen LogP contribution in [0.2, 0.25) is 0 Å². The topological polar surface area (TPSA) is 49.6 Å². The molecule has 1 unspecified atom stereocenters. The summed E-state index contributed by atoms with van der Waals surface area (Å²) in [5.74, 6) is -0.0741. The Morgan fingerprint density at radius 3 is 2.36 bits per heavy atom. The first-order valence-electron chi connectivity index (χ1n) is 8.93. The van der Waals surface area contributed by atoms with Crippen LogP contribution in [0.1, 0.15) is 30.9 Å². The zero-order valence-corrected chi connectivity index (χ0v) is 15.1. The highest BCUT2D eigenvalue weighted by Crippen LogP contribution is 2.27. The summed E-state index contributed by atoms with van der Waals surface area (Å²) >= 11 is 0. The fourth-order valence-corrected chi connectivity index (χ4v) is 3.54. The molecule has 3 rings (SSSR count). The molecule has 1 fully saturated rings. The van der Waals surface area contributed by atoms with Crippen LogP contribution in [0.15, 0.2) is 54.6 Å². The number of hydrogen-bond acceptors (Lipinski definition) is 3. The number of nitrogens with two attached hydrogens (primary N) is 1. The number of para-hydroxylation sites is 1. The van der Waals surface area contributed by atoms with Gasteiger partial charge in [-0.25, -0.2) is 0 Å². The molecule has 1 atom stereocenters. The van der Waals surface area contributed by atoms with Gasteiger partial charge in [0, 0.05) is 32.4 Å². The molecule has 132 valence electrons. The summed E-state index contributed by atoms with van der Waals surface area (Å²) in [5.41, 5.74) is 8.60. The first kappa shape index (κ1) is 17.5. The largest absolute Gasteiger partial charge is 0.371 e. The Kier molecular flexibility index (Phi) is 5.09. The fourth-order valence-electron chi connectivity index (χ4n) is 3.54. The van der Waals surface area contributed by atoms with Gasteiger partial charge in [-0.2, -0.15) is 0 Å². The molecule has 25 heavy (non-hydrogen) atoms. The maximum atomic E-state index is 13.0. The quantitative estimate of drug-likeness (QED) is 0.912. The van der Waals surface area contributed by atoms with Crippen LogP contribution in [-0.4, -0.2) is 30.9 Å². The van der Waals surface area contributed by atoms with E-state index in [4.69, 9.17) is 5.73 Å². The van der Waals surface area contributed by atoms with Gasteiger partial charge in [0.1, 0.15) is 5.54 Å². The van der Waals surface area contributed by atoms with Gasteiger partial charge < -0.3 is 15.5 Å². The van der Waals surface area contributed by atoms with Crippen LogP contribution in [0.3, 0.4) is 0 Å². The van der Waals surface area contributed by atoms with Gasteiger partial charge in [0.15, 0.2) is 0 Å². The van der Waals surface area contributed by atoms with Crippen molar-refractivity contribution in [2.45, 2.75) is 31.8 Å². The van der Waals surface area contributed by atoms with Gasteiger partial charge in [0.2, 0.25) is 5.91 Å². The minimum absolute atomic E-state index is 0.0741. The monoisotopic (exact) mass is 337 g/mol. The maximum Gasteiger partial charge on any atom is 0.247 e. The van der Waals surface area contributed by atoms with Crippen LogP contribution in [0.25, 0.3) is 0 Å². The van der Waals surface area contributed by atoms with E-state index in [1.54, 1.807) is 11.8 Å². The highest BCUT2D eigenvalue weighted by atomic mass is 16.2. The highest BCUT2D eigenvalue weighted by Gasteiger charge is 2.33. The second kappa shape index (κ2) is 7.28. The van der Waals surface area contributed by atoms with E-state index in [1.165, 1.54) is 24.1 Å². The number of amides is 1. The van der Waals surface area contributed by atoms with Gasteiger partial charge in [-0.05, 0) is 37.0 Å². The summed E-state index contributed by atoms with van der Waals surface area (Å²) < 4.78 is 0. The minimum atomic E-state index is -1.03. The van der Waals surface area contributed by atoms with Crippen molar-refractivity contribution in [2.75, 3.05) is 25.0 Å². The number of rotatable bonds is 5. The predicted octanol–water partition coefficient (Wildman–Crippen LogP) is 3.12. The van der Waals surface area contributed by atoms with E-state index in [-0.39, 0.29) is 5.91 Å². The lowest BCUT2D eigenvalue weighted by molar-refractivity contribution is -0.136. The molecule has 0 saturated carbocycles. The van der Waals surface area contributed by atoms with Gasteiger partial charge >= 0.3 is 0 Å². The maximum absolute atomic E-state index is 13.0. The standard InChI is InChI=1S/C21H27N3O/c1-21(22,18-11-4-3-5-12-18)20(25)23(2)16-17-10-6-7-13-19(17)24-14-8-9-15-24/h3-7,10-13H,8-9,14-16,22H2,1-2H3. The molecule has 1 heterocycles. The van der Waals surface area contributed by atoms with E-state index in [9.17, 15) is 4.79 Å². The molecule has 1 saturated heterocycles. The van der Waals surface area contributed by atoms with Crippen molar-refractivity contribution < 1.29 is 4.79 Å². The van der Waals surface area contributed by atoms with Gasteiger partial charge in [-0.3, -0.25) is 4.79 Å². The third-order valence-corrected chi connectivity index (χ3v) is 5.01. The first-order chi connectivity index (χ1) is 12.0. The predicted molar refractivity (Wildman–Crippen MR) is 102 cm³/mol. The molecular weight excluding hydrogens is 310 g/mol. The average molecular weight is 337 g/mol. The SMILES string of the molecule is CN(Cc1ccccc1N1CCCC1)C(=O)C(C)(N)c1ccccc1. The van der Waals surface area contributed by atoms with Crippen LogP contribution in [0.4, 0.5) is 5.69 Å². The fraction of sp³-hybridized carbons (Fsp3) is 0.381. The lowest BCUT2D eigenvalue weighted by atomic mass is 9.91. The van der Waals surface area contributed by atoms with Crippen molar-refractivity contribution in [3.8, 4) is 0 Å². The number of hydrogen-bond donors (Lipinski definition) is 1. The molecule has 0 aromatic heterocycles. The Morgan fingerprint density at radius 2 is 1.68 bits per heavy atom. The zero-order chi connectivity index (χ0) is 17.9. The molecule has 2 N–H and O–H groups in total. The third-order valence-electron chi connectivity index (χ3n) is 5.01. The summed E-state index contributed by atoms with van der Waals surface area (Å²) in [5, 5.41) is 0. The van der Waals surface area contributed by atoms with Crippen LogP contribution >= 0.6 is 0 Å². The first-order valence-corrected chi connectivity index (χ1v) is 8.93. The molecule has 4 heteroatoms. The Balaban J connectivity index is 1.78. The van der Waals surface area contributed by atoms with E-state index in [2.05, 4.69) is 23.1 Å². The van der Waals surface area contributed by atoms with E-state index >= 15 is 0 Å². The van der Waals surface area contributed by atoms with E-state index in [1.807, 2.05) is 43.4 Å². The molecule has 0 aliphatic carbocycles. The van der Waals surface area contributed by atoms with Gasteiger partial charge in [-0.15, -0.1) is 0 Å². The number of benzene rings is 2. The molecule has 2 aromatic rings. The number of carbonyl (C=O) groups excluding carboxylic acids is 1. The average Bonchev–Trinajstić information content (AvgIpc) is 3.16. The van der Waals surface area contributed by atoms with Crippen molar-refractivity contribution in [3.05, 3.63) is 65.7 Å². The highest BCUT2D eigenvalue weighted by molar-refractivity contribution is 5.87. The van der Waals surface area contributed by atoms with Crippen LogP contribution < -0.4 is 10.6 Å². The number of anilines is 1.